The first-order valence-electron chi connectivity index (χ1n) is 10.5. The maximum absolute atomic E-state index is 12.3. The number of nitrogens with two attached hydrogens (primary N) is 1. The summed E-state index contributed by atoms with van der Waals surface area (Å²) >= 11 is 0. The molecule has 180 valence electrons. The third-order valence-electron chi connectivity index (χ3n) is 5.59. The average molecular weight is 488 g/mol. The number of piperazine rings is 1. The molecule has 12 heteroatoms. The van der Waals surface area contributed by atoms with Gasteiger partial charge < -0.3 is 18.9 Å². The van der Waals surface area contributed by atoms with Gasteiger partial charge in [0.1, 0.15) is 5.75 Å². The Bertz CT molecular complexity index is 1270. The first-order valence-corrected chi connectivity index (χ1v) is 12.0. The van der Waals surface area contributed by atoms with E-state index in [2.05, 4.69) is 15.0 Å². The molecule has 0 aliphatic carbocycles. The van der Waals surface area contributed by atoms with Gasteiger partial charge in [-0.15, -0.1) is 0 Å². The highest BCUT2D eigenvalue weighted by Gasteiger charge is 2.25. The van der Waals surface area contributed by atoms with Gasteiger partial charge in [0, 0.05) is 31.7 Å². The summed E-state index contributed by atoms with van der Waals surface area (Å²) in [4.78, 5) is 20.8. The van der Waals surface area contributed by atoms with Crippen LogP contribution in [-0.2, 0) is 21.3 Å². The fourth-order valence-electron chi connectivity index (χ4n) is 3.76. The van der Waals surface area contributed by atoms with E-state index in [1.54, 1.807) is 13.2 Å². The topological polar surface area (TPSA) is 141 Å². The van der Waals surface area contributed by atoms with Crippen LogP contribution < -0.4 is 14.8 Å². The van der Waals surface area contributed by atoms with Crippen molar-refractivity contribution in [3.05, 3.63) is 53.9 Å². The average Bonchev–Trinajstić information content (AvgIpc) is 3.31. The van der Waals surface area contributed by atoms with E-state index < -0.39 is 16.0 Å². The van der Waals surface area contributed by atoms with E-state index in [9.17, 15) is 13.2 Å². The Morgan fingerprint density at radius 2 is 1.79 bits per heavy atom. The van der Waals surface area contributed by atoms with Gasteiger partial charge in [-0.25, -0.2) is 18.4 Å². The highest BCUT2D eigenvalue weighted by molar-refractivity contribution is 7.89. The number of hydrogen-bond donors (Lipinski definition) is 1. The molecule has 1 aliphatic heterocycles. The number of esters is 1. The maximum Gasteiger partial charge on any atom is 0.340 e. The fourth-order valence-corrected chi connectivity index (χ4v) is 4.30. The van der Waals surface area contributed by atoms with Gasteiger partial charge in [0.05, 0.1) is 36.9 Å². The van der Waals surface area contributed by atoms with Crippen LogP contribution in [0.2, 0.25) is 0 Å². The van der Waals surface area contributed by atoms with E-state index in [1.807, 2.05) is 29.2 Å². The second kappa shape index (κ2) is 9.79. The van der Waals surface area contributed by atoms with Crippen LogP contribution in [0.15, 0.2) is 51.9 Å². The van der Waals surface area contributed by atoms with Gasteiger partial charge in [0.25, 0.3) is 0 Å². The predicted molar refractivity (Wildman–Crippen MR) is 123 cm³/mol. The number of ether oxygens (including phenoxy) is 2. The van der Waals surface area contributed by atoms with Crippen molar-refractivity contribution in [2.75, 3.05) is 45.3 Å². The molecule has 0 radical (unpaired) electrons. The summed E-state index contributed by atoms with van der Waals surface area (Å²) in [5, 5.41) is 9.28. The Balaban J connectivity index is 1.42. The SMILES string of the molecule is COC(=O)c1cc(S(N)(=O)=O)ccc1N1CCN(Cc2nc(-c3ccc(OC)cc3)no2)CC1. The Morgan fingerprint density at radius 3 is 2.41 bits per heavy atom. The third-order valence-corrected chi connectivity index (χ3v) is 6.50. The Morgan fingerprint density at radius 1 is 1.09 bits per heavy atom. The van der Waals surface area contributed by atoms with E-state index in [-0.39, 0.29) is 10.5 Å². The van der Waals surface area contributed by atoms with Crippen molar-refractivity contribution < 1.29 is 27.2 Å². The molecule has 34 heavy (non-hydrogen) atoms. The number of sulfonamides is 1. The number of benzene rings is 2. The first kappa shape index (κ1) is 23.7. The van der Waals surface area contributed by atoms with Gasteiger partial charge in [-0.2, -0.15) is 4.98 Å². The number of nitrogens with zero attached hydrogens (tertiary/aromatic N) is 4. The molecule has 0 saturated carbocycles. The van der Waals surface area contributed by atoms with Gasteiger partial charge in [-0.1, -0.05) is 5.16 Å². The largest absolute Gasteiger partial charge is 0.497 e. The minimum absolute atomic E-state index is 0.139. The molecule has 0 atom stereocenters. The number of hydrogen-bond acceptors (Lipinski definition) is 10. The predicted octanol–water partition coefficient (Wildman–Crippen LogP) is 1.50. The highest BCUT2D eigenvalue weighted by atomic mass is 32.2. The van der Waals surface area contributed by atoms with Crippen LogP contribution in [0, 0.1) is 0 Å². The summed E-state index contributed by atoms with van der Waals surface area (Å²) in [6.45, 7) is 3.07. The van der Waals surface area contributed by atoms with E-state index in [1.165, 1.54) is 19.2 Å². The van der Waals surface area contributed by atoms with Crippen molar-refractivity contribution in [2.24, 2.45) is 5.14 Å². The smallest absolute Gasteiger partial charge is 0.340 e. The van der Waals surface area contributed by atoms with Crippen molar-refractivity contribution in [3.63, 3.8) is 0 Å². The summed E-state index contributed by atoms with van der Waals surface area (Å²) < 4.78 is 38.8. The molecule has 1 saturated heterocycles. The minimum Gasteiger partial charge on any atom is -0.497 e. The molecule has 1 aliphatic rings. The molecule has 1 fully saturated rings. The zero-order valence-electron chi connectivity index (χ0n) is 18.8. The van der Waals surface area contributed by atoms with Gasteiger partial charge in [0.15, 0.2) is 0 Å². The standard InChI is InChI=1S/C22H25N5O6S/c1-31-16-5-3-15(4-6-16)21-24-20(33-25-21)14-26-9-11-27(12-10-26)19-8-7-17(34(23,29)30)13-18(19)22(28)32-2/h3-8,13H,9-12,14H2,1-2H3,(H2,23,29,30). The van der Waals surface area contributed by atoms with Crippen molar-refractivity contribution in [2.45, 2.75) is 11.4 Å². The van der Waals surface area contributed by atoms with E-state index in [4.69, 9.17) is 19.1 Å². The van der Waals surface area contributed by atoms with Crippen molar-refractivity contribution in [3.8, 4) is 17.1 Å². The lowest BCUT2D eigenvalue weighted by Crippen LogP contribution is -2.46. The van der Waals surface area contributed by atoms with E-state index >= 15 is 0 Å². The quantitative estimate of drug-likeness (QED) is 0.487. The zero-order chi connectivity index (χ0) is 24.3. The van der Waals surface area contributed by atoms with Crippen LogP contribution in [0.25, 0.3) is 11.4 Å². The summed E-state index contributed by atoms with van der Waals surface area (Å²) in [5.74, 6) is 1.14. The molecule has 0 amide bonds. The number of rotatable bonds is 7. The normalized spacial score (nSPS) is 14.7. The summed E-state index contributed by atoms with van der Waals surface area (Å²) in [7, 11) is -1.09. The molecule has 11 nitrogen and oxygen atoms in total. The summed E-state index contributed by atoms with van der Waals surface area (Å²) in [6.07, 6.45) is 0. The number of carbonyl (C=O) groups is 1. The first-order chi connectivity index (χ1) is 16.3. The van der Waals surface area contributed by atoms with Crippen LogP contribution in [0.5, 0.6) is 5.75 Å². The Kier molecular flexibility index (Phi) is 6.82. The molecule has 2 N–H and O–H groups in total. The van der Waals surface area contributed by atoms with Crippen LogP contribution in [0.4, 0.5) is 5.69 Å². The molecular weight excluding hydrogens is 462 g/mol. The minimum atomic E-state index is -3.94. The van der Waals surface area contributed by atoms with E-state index in [0.717, 1.165) is 11.3 Å². The van der Waals surface area contributed by atoms with Crippen LogP contribution in [0.3, 0.4) is 0 Å². The molecule has 0 spiro atoms. The Hall–Kier alpha value is -3.48. The molecule has 4 rings (SSSR count). The molecule has 2 heterocycles. The summed E-state index contributed by atoms with van der Waals surface area (Å²) in [5.41, 5.74) is 1.58. The lowest BCUT2D eigenvalue weighted by Gasteiger charge is -2.36. The summed E-state index contributed by atoms with van der Waals surface area (Å²) in [6, 6.07) is 11.6. The van der Waals surface area contributed by atoms with Crippen molar-refractivity contribution >= 4 is 21.7 Å². The van der Waals surface area contributed by atoms with Crippen molar-refractivity contribution in [1.29, 1.82) is 0 Å². The van der Waals surface area contributed by atoms with Crippen LogP contribution in [0.1, 0.15) is 16.2 Å². The van der Waals surface area contributed by atoms with Crippen LogP contribution in [-0.4, -0.2) is 69.8 Å². The molecule has 3 aromatic rings. The molecule has 0 unspecified atom stereocenters. The number of carbonyl (C=O) groups excluding carboxylic acids is 1. The number of primary sulfonamides is 1. The number of methoxy groups -OCH3 is 2. The molecular formula is C22H25N5O6S. The second-order valence-corrected chi connectivity index (χ2v) is 9.28. The molecule has 0 bridgehead atoms. The van der Waals surface area contributed by atoms with Crippen molar-refractivity contribution in [1.82, 2.24) is 15.0 Å². The highest BCUT2D eigenvalue weighted by Crippen LogP contribution is 2.26. The van der Waals surface area contributed by atoms with Gasteiger partial charge >= 0.3 is 5.97 Å². The lowest BCUT2D eigenvalue weighted by molar-refractivity contribution is 0.0601. The maximum atomic E-state index is 12.3. The monoisotopic (exact) mass is 487 g/mol. The van der Waals surface area contributed by atoms with Gasteiger partial charge in [-0.05, 0) is 42.5 Å². The van der Waals surface area contributed by atoms with Gasteiger partial charge in [0.2, 0.25) is 21.7 Å². The van der Waals surface area contributed by atoms with Crippen LogP contribution >= 0.6 is 0 Å². The van der Waals surface area contributed by atoms with E-state index in [0.29, 0.717) is 50.1 Å². The number of anilines is 1. The third kappa shape index (κ3) is 5.19. The van der Waals surface area contributed by atoms with Gasteiger partial charge in [-0.3, -0.25) is 4.90 Å². The Labute approximate surface area is 197 Å². The molecule has 2 aromatic carbocycles. The zero-order valence-corrected chi connectivity index (χ0v) is 19.6. The lowest BCUT2D eigenvalue weighted by atomic mass is 10.1. The molecule has 1 aromatic heterocycles. The second-order valence-electron chi connectivity index (χ2n) is 7.72. The fraction of sp³-hybridized carbons (Fsp3) is 0.318. The number of aromatic nitrogens is 2.